The Bertz CT molecular complexity index is 705. The van der Waals surface area contributed by atoms with Crippen molar-refractivity contribution < 1.29 is 17.9 Å². The minimum Gasteiger partial charge on any atom is -0.489 e. The third-order valence-corrected chi connectivity index (χ3v) is 3.29. The fraction of sp³-hybridized carbons (Fsp3) is 0.375. The predicted molar refractivity (Wildman–Crippen MR) is 88.2 cm³/mol. The number of guanidine groups is 1. The molecule has 0 saturated heterocycles. The smallest absolute Gasteiger partial charge is 0.319 e. The number of nitrogens with zero attached hydrogens (tertiary/aromatic N) is 3. The molecule has 0 bridgehead atoms. The molecule has 0 aliphatic heterocycles. The molecular weight excluding hydrogens is 335 g/mol. The molecule has 0 amide bonds. The van der Waals surface area contributed by atoms with E-state index < -0.39 is 6.55 Å². The Kier molecular flexibility index (Phi) is 6.67. The maximum atomic E-state index is 13.1. The van der Waals surface area contributed by atoms with Gasteiger partial charge in [-0.05, 0) is 19.1 Å². The first-order valence-corrected chi connectivity index (χ1v) is 7.66. The molecule has 1 aromatic carbocycles. The molecule has 1 atom stereocenters. The second-order valence-electron chi connectivity index (χ2n) is 5.22. The normalized spacial score (nSPS) is 13.0. The molecular formula is C16H20F3N5O. The maximum Gasteiger partial charge on any atom is 0.319 e. The minimum absolute atomic E-state index is 0.0934. The SMILES string of the molecule is CN=C(NCc1nccn1C(F)F)NCC(C)Oc1cccc(F)c1. The molecule has 2 rings (SSSR count). The van der Waals surface area contributed by atoms with E-state index >= 15 is 0 Å². The highest BCUT2D eigenvalue weighted by molar-refractivity contribution is 5.79. The van der Waals surface area contributed by atoms with E-state index in [0.717, 1.165) is 4.57 Å². The van der Waals surface area contributed by atoms with Gasteiger partial charge >= 0.3 is 6.55 Å². The highest BCUT2D eigenvalue weighted by Crippen LogP contribution is 2.13. The van der Waals surface area contributed by atoms with Crippen molar-refractivity contribution in [2.75, 3.05) is 13.6 Å². The van der Waals surface area contributed by atoms with Crippen LogP contribution in [0.2, 0.25) is 0 Å². The van der Waals surface area contributed by atoms with Gasteiger partial charge in [-0.25, -0.2) is 9.37 Å². The zero-order chi connectivity index (χ0) is 18.2. The molecule has 0 aliphatic rings. The summed E-state index contributed by atoms with van der Waals surface area (Å²) in [5, 5.41) is 5.91. The number of hydrogen-bond donors (Lipinski definition) is 2. The number of aromatic nitrogens is 2. The fourth-order valence-electron chi connectivity index (χ4n) is 2.10. The van der Waals surface area contributed by atoms with Crippen LogP contribution in [-0.4, -0.2) is 35.2 Å². The van der Waals surface area contributed by atoms with Gasteiger partial charge in [0.15, 0.2) is 5.96 Å². The summed E-state index contributed by atoms with van der Waals surface area (Å²) in [4.78, 5) is 7.89. The number of aliphatic imine (C=N–C) groups is 1. The second-order valence-corrected chi connectivity index (χ2v) is 5.22. The Morgan fingerprint density at radius 1 is 1.36 bits per heavy atom. The van der Waals surface area contributed by atoms with Gasteiger partial charge in [-0.15, -0.1) is 0 Å². The van der Waals surface area contributed by atoms with Crippen LogP contribution in [-0.2, 0) is 6.54 Å². The third-order valence-electron chi connectivity index (χ3n) is 3.29. The molecule has 0 saturated carbocycles. The van der Waals surface area contributed by atoms with Crippen molar-refractivity contribution >= 4 is 5.96 Å². The average Bonchev–Trinajstić information content (AvgIpc) is 3.04. The molecule has 1 heterocycles. The quantitative estimate of drug-likeness (QED) is 0.592. The molecule has 1 unspecified atom stereocenters. The molecule has 0 radical (unpaired) electrons. The van der Waals surface area contributed by atoms with E-state index in [4.69, 9.17) is 4.74 Å². The van der Waals surface area contributed by atoms with E-state index in [0.29, 0.717) is 18.3 Å². The van der Waals surface area contributed by atoms with Crippen LogP contribution in [0.3, 0.4) is 0 Å². The Labute approximate surface area is 143 Å². The summed E-state index contributed by atoms with van der Waals surface area (Å²) in [6.07, 6.45) is 2.27. The van der Waals surface area contributed by atoms with E-state index in [2.05, 4.69) is 20.6 Å². The van der Waals surface area contributed by atoms with Crippen molar-refractivity contribution in [3.63, 3.8) is 0 Å². The summed E-state index contributed by atoms with van der Waals surface area (Å²) < 4.78 is 45.0. The van der Waals surface area contributed by atoms with Crippen molar-refractivity contribution in [1.82, 2.24) is 20.2 Å². The molecule has 1 aromatic heterocycles. The van der Waals surface area contributed by atoms with Crippen LogP contribution in [0.5, 0.6) is 5.75 Å². The molecule has 6 nitrogen and oxygen atoms in total. The Morgan fingerprint density at radius 3 is 2.84 bits per heavy atom. The highest BCUT2D eigenvalue weighted by Gasteiger charge is 2.12. The first-order chi connectivity index (χ1) is 12.0. The molecule has 2 N–H and O–H groups in total. The topological polar surface area (TPSA) is 63.5 Å². The number of halogens is 3. The number of imidazole rings is 1. The summed E-state index contributed by atoms with van der Waals surface area (Å²) in [6, 6.07) is 5.87. The molecule has 2 aromatic rings. The summed E-state index contributed by atoms with van der Waals surface area (Å²) in [5.41, 5.74) is 0. The molecule has 0 aliphatic carbocycles. The van der Waals surface area contributed by atoms with Crippen molar-refractivity contribution in [3.8, 4) is 5.75 Å². The lowest BCUT2D eigenvalue weighted by Crippen LogP contribution is -2.41. The lowest BCUT2D eigenvalue weighted by molar-refractivity contribution is 0.0668. The van der Waals surface area contributed by atoms with Crippen LogP contribution in [0, 0.1) is 5.82 Å². The van der Waals surface area contributed by atoms with E-state index in [1.807, 2.05) is 6.92 Å². The van der Waals surface area contributed by atoms with Crippen molar-refractivity contribution in [1.29, 1.82) is 0 Å². The third kappa shape index (κ3) is 5.70. The van der Waals surface area contributed by atoms with Gasteiger partial charge in [0.1, 0.15) is 23.5 Å². The number of alkyl halides is 2. The van der Waals surface area contributed by atoms with Gasteiger partial charge in [0.25, 0.3) is 0 Å². The van der Waals surface area contributed by atoms with Gasteiger partial charge in [0.05, 0.1) is 13.1 Å². The number of hydrogen-bond acceptors (Lipinski definition) is 3. The summed E-state index contributed by atoms with van der Waals surface area (Å²) in [6.45, 7) is -0.349. The average molecular weight is 355 g/mol. The van der Waals surface area contributed by atoms with Crippen molar-refractivity contribution in [2.24, 2.45) is 4.99 Å². The molecule has 136 valence electrons. The van der Waals surface area contributed by atoms with Crippen LogP contribution < -0.4 is 15.4 Å². The van der Waals surface area contributed by atoms with Gasteiger partial charge in [0, 0.05) is 25.5 Å². The Morgan fingerprint density at radius 2 is 2.16 bits per heavy atom. The first kappa shape index (κ1) is 18.6. The predicted octanol–water partition coefficient (Wildman–Crippen LogP) is 2.55. The van der Waals surface area contributed by atoms with E-state index in [1.165, 1.54) is 24.5 Å². The minimum atomic E-state index is -2.64. The number of ether oxygens (including phenoxy) is 1. The monoisotopic (exact) mass is 355 g/mol. The van der Waals surface area contributed by atoms with Crippen molar-refractivity contribution in [3.05, 3.63) is 48.3 Å². The molecule has 0 fully saturated rings. The summed E-state index contributed by atoms with van der Waals surface area (Å²) in [7, 11) is 1.56. The first-order valence-electron chi connectivity index (χ1n) is 7.66. The molecule has 0 spiro atoms. The van der Waals surface area contributed by atoms with Gasteiger partial charge < -0.3 is 15.4 Å². The highest BCUT2D eigenvalue weighted by atomic mass is 19.3. The van der Waals surface area contributed by atoms with Crippen molar-refractivity contribution in [2.45, 2.75) is 26.1 Å². The van der Waals surface area contributed by atoms with E-state index in [1.54, 1.807) is 19.2 Å². The van der Waals surface area contributed by atoms with Crippen LogP contribution in [0.1, 0.15) is 19.3 Å². The van der Waals surface area contributed by atoms with Gasteiger partial charge in [0.2, 0.25) is 0 Å². The second kappa shape index (κ2) is 8.95. The van der Waals surface area contributed by atoms with Crippen LogP contribution in [0.15, 0.2) is 41.7 Å². The number of rotatable bonds is 7. The van der Waals surface area contributed by atoms with Crippen LogP contribution >= 0.6 is 0 Å². The largest absolute Gasteiger partial charge is 0.489 e. The summed E-state index contributed by atoms with van der Waals surface area (Å²) >= 11 is 0. The molecule has 25 heavy (non-hydrogen) atoms. The van der Waals surface area contributed by atoms with Gasteiger partial charge in [-0.2, -0.15) is 8.78 Å². The van der Waals surface area contributed by atoms with E-state index in [-0.39, 0.29) is 24.3 Å². The Hall–Kier alpha value is -2.71. The lowest BCUT2D eigenvalue weighted by Gasteiger charge is -2.18. The van der Waals surface area contributed by atoms with Crippen LogP contribution in [0.25, 0.3) is 0 Å². The van der Waals surface area contributed by atoms with Gasteiger partial charge in [-0.1, -0.05) is 6.07 Å². The zero-order valence-corrected chi connectivity index (χ0v) is 13.9. The van der Waals surface area contributed by atoms with Crippen LogP contribution in [0.4, 0.5) is 13.2 Å². The van der Waals surface area contributed by atoms with Gasteiger partial charge in [-0.3, -0.25) is 9.56 Å². The lowest BCUT2D eigenvalue weighted by atomic mass is 10.3. The standard InChI is InChI=1S/C16H20F3N5O/c1-11(25-13-5-3-4-12(17)8-13)9-22-16(20-2)23-10-14-21-6-7-24(14)15(18)19/h3-8,11,15H,9-10H2,1-2H3,(H2,20,22,23). The Balaban J connectivity index is 1.80. The fourth-order valence-corrected chi connectivity index (χ4v) is 2.10. The molecule has 9 heteroatoms. The van der Waals surface area contributed by atoms with E-state index in [9.17, 15) is 13.2 Å². The zero-order valence-electron chi connectivity index (χ0n) is 13.9. The number of nitrogens with one attached hydrogen (secondary N) is 2. The number of benzene rings is 1. The maximum absolute atomic E-state index is 13.1. The summed E-state index contributed by atoms with van der Waals surface area (Å²) in [5.74, 6) is 0.668.